The van der Waals surface area contributed by atoms with E-state index in [0.717, 1.165) is 19.6 Å². The van der Waals surface area contributed by atoms with Crippen molar-refractivity contribution in [2.24, 2.45) is 0 Å². The smallest absolute Gasteiger partial charge is 0.263 e. The molecule has 1 atom stereocenters. The second-order valence-corrected chi connectivity index (χ2v) is 7.56. The van der Waals surface area contributed by atoms with Gasteiger partial charge in [-0.1, -0.05) is 18.2 Å². The van der Waals surface area contributed by atoms with Crippen LogP contribution < -0.4 is 19.5 Å². The van der Waals surface area contributed by atoms with E-state index in [2.05, 4.69) is 10.2 Å². The summed E-state index contributed by atoms with van der Waals surface area (Å²) in [5.74, 6) is 1.81. The number of hydrogen-bond donors (Lipinski definition) is 1. The Labute approximate surface area is 181 Å². The molecule has 2 aromatic rings. The fourth-order valence-corrected chi connectivity index (χ4v) is 3.67. The third kappa shape index (κ3) is 5.27. The molecule has 31 heavy (non-hydrogen) atoms. The molecule has 8 heteroatoms. The van der Waals surface area contributed by atoms with Crippen LogP contribution >= 0.6 is 0 Å². The van der Waals surface area contributed by atoms with E-state index in [0.29, 0.717) is 42.4 Å². The SMILES string of the molecule is CC(Oc1ccccc1)C(=O)N1CCN(CCNC(=O)c2ccc3c(c2)OCO3)CC1. The number of rotatable bonds is 7. The quantitative estimate of drug-likeness (QED) is 0.728. The number of ether oxygens (including phenoxy) is 3. The van der Waals surface area contributed by atoms with Gasteiger partial charge in [0.1, 0.15) is 5.75 Å². The van der Waals surface area contributed by atoms with E-state index >= 15 is 0 Å². The van der Waals surface area contributed by atoms with Gasteiger partial charge < -0.3 is 24.4 Å². The van der Waals surface area contributed by atoms with Gasteiger partial charge >= 0.3 is 0 Å². The lowest BCUT2D eigenvalue weighted by Crippen LogP contribution is -2.52. The molecular weight excluding hydrogens is 398 g/mol. The minimum absolute atomic E-state index is 0.000357. The first-order chi connectivity index (χ1) is 15.1. The first-order valence-electron chi connectivity index (χ1n) is 10.5. The van der Waals surface area contributed by atoms with Crippen molar-refractivity contribution in [1.82, 2.24) is 15.1 Å². The standard InChI is InChI=1S/C23H27N3O5/c1-17(31-19-5-3-2-4-6-19)23(28)26-13-11-25(12-14-26)10-9-24-22(27)18-7-8-20-21(15-18)30-16-29-20/h2-8,15,17H,9-14,16H2,1H3,(H,24,27). The van der Waals surface area contributed by atoms with E-state index in [1.54, 1.807) is 25.1 Å². The summed E-state index contributed by atoms with van der Waals surface area (Å²) in [6.45, 7) is 6.07. The molecule has 0 aliphatic carbocycles. The molecule has 0 saturated carbocycles. The predicted octanol–water partition coefficient (Wildman–Crippen LogP) is 1.76. The Hall–Kier alpha value is -3.26. The third-order valence-electron chi connectivity index (χ3n) is 5.44. The zero-order valence-corrected chi connectivity index (χ0v) is 17.6. The monoisotopic (exact) mass is 425 g/mol. The number of amides is 2. The zero-order valence-electron chi connectivity index (χ0n) is 17.6. The van der Waals surface area contributed by atoms with Crippen LogP contribution in [0.15, 0.2) is 48.5 Å². The van der Waals surface area contributed by atoms with Crippen LogP contribution in [0.2, 0.25) is 0 Å². The number of carbonyl (C=O) groups is 2. The van der Waals surface area contributed by atoms with Crippen LogP contribution in [-0.2, 0) is 4.79 Å². The van der Waals surface area contributed by atoms with Gasteiger partial charge in [0.25, 0.3) is 11.8 Å². The maximum absolute atomic E-state index is 12.7. The molecule has 0 bridgehead atoms. The number of fused-ring (bicyclic) bond motifs is 1. The van der Waals surface area contributed by atoms with Crippen molar-refractivity contribution >= 4 is 11.8 Å². The molecule has 1 unspecified atom stereocenters. The molecule has 1 fully saturated rings. The van der Waals surface area contributed by atoms with Gasteiger partial charge in [-0.25, -0.2) is 0 Å². The average molecular weight is 425 g/mol. The van der Waals surface area contributed by atoms with Crippen LogP contribution in [0.4, 0.5) is 0 Å². The number of para-hydroxylation sites is 1. The molecular formula is C23H27N3O5. The van der Waals surface area contributed by atoms with Gasteiger partial charge in [-0.2, -0.15) is 0 Å². The molecule has 2 aromatic carbocycles. The van der Waals surface area contributed by atoms with Gasteiger partial charge in [0.15, 0.2) is 17.6 Å². The van der Waals surface area contributed by atoms with E-state index in [1.807, 2.05) is 35.2 Å². The summed E-state index contributed by atoms with van der Waals surface area (Å²) in [6.07, 6.45) is -0.519. The Morgan fingerprint density at radius 2 is 1.77 bits per heavy atom. The van der Waals surface area contributed by atoms with Crippen LogP contribution in [0.5, 0.6) is 17.2 Å². The second kappa shape index (κ2) is 9.70. The number of carbonyl (C=O) groups excluding carboxylic acids is 2. The van der Waals surface area contributed by atoms with E-state index in [-0.39, 0.29) is 18.6 Å². The van der Waals surface area contributed by atoms with Crippen LogP contribution in [-0.4, -0.2) is 73.8 Å². The maximum Gasteiger partial charge on any atom is 0.263 e. The molecule has 8 nitrogen and oxygen atoms in total. The van der Waals surface area contributed by atoms with Gasteiger partial charge in [-0.3, -0.25) is 14.5 Å². The van der Waals surface area contributed by atoms with Crippen molar-refractivity contribution in [1.29, 1.82) is 0 Å². The number of nitrogens with zero attached hydrogens (tertiary/aromatic N) is 2. The highest BCUT2D eigenvalue weighted by Crippen LogP contribution is 2.32. The van der Waals surface area contributed by atoms with E-state index < -0.39 is 6.10 Å². The highest BCUT2D eigenvalue weighted by Gasteiger charge is 2.26. The summed E-state index contributed by atoms with van der Waals surface area (Å²) in [4.78, 5) is 29.1. The van der Waals surface area contributed by atoms with Gasteiger partial charge in [0.2, 0.25) is 6.79 Å². The fourth-order valence-electron chi connectivity index (χ4n) is 3.67. The van der Waals surface area contributed by atoms with Crippen molar-refractivity contribution in [2.45, 2.75) is 13.0 Å². The molecule has 2 heterocycles. The van der Waals surface area contributed by atoms with Gasteiger partial charge in [-0.15, -0.1) is 0 Å². The lowest BCUT2D eigenvalue weighted by Gasteiger charge is -2.35. The largest absolute Gasteiger partial charge is 0.481 e. The Morgan fingerprint density at radius 3 is 2.55 bits per heavy atom. The van der Waals surface area contributed by atoms with Crippen molar-refractivity contribution in [3.05, 3.63) is 54.1 Å². The molecule has 1 saturated heterocycles. The van der Waals surface area contributed by atoms with Gasteiger partial charge in [0.05, 0.1) is 0 Å². The summed E-state index contributed by atoms with van der Waals surface area (Å²) >= 11 is 0. The molecule has 2 aliphatic heterocycles. The molecule has 164 valence electrons. The van der Waals surface area contributed by atoms with Gasteiger partial charge in [0, 0.05) is 44.8 Å². The van der Waals surface area contributed by atoms with Gasteiger partial charge in [-0.05, 0) is 37.3 Å². The van der Waals surface area contributed by atoms with Crippen LogP contribution in [0.1, 0.15) is 17.3 Å². The molecule has 0 radical (unpaired) electrons. The molecule has 4 rings (SSSR count). The summed E-state index contributed by atoms with van der Waals surface area (Å²) < 4.78 is 16.3. The summed E-state index contributed by atoms with van der Waals surface area (Å²) in [5.41, 5.74) is 0.548. The second-order valence-electron chi connectivity index (χ2n) is 7.56. The number of nitrogens with one attached hydrogen (secondary N) is 1. The van der Waals surface area contributed by atoms with Crippen molar-refractivity contribution in [2.75, 3.05) is 46.1 Å². The number of benzene rings is 2. The molecule has 2 amide bonds. The summed E-state index contributed by atoms with van der Waals surface area (Å²) in [6, 6.07) is 14.5. The third-order valence-corrected chi connectivity index (χ3v) is 5.44. The predicted molar refractivity (Wildman–Crippen MR) is 114 cm³/mol. The van der Waals surface area contributed by atoms with Crippen molar-refractivity contribution in [3.63, 3.8) is 0 Å². The summed E-state index contributed by atoms with van der Waals surface area (Å²) in [7, 11) is 0. The maximum atomic E-state index is 12.7. The minimum atomic E-state index is -0.519. The van der Waals surface area contributed by atoms with Crippen molar-refractivity contribution < 1.29 is 23.8 Å². The Balaban J connectivity index is 1.17. The Morgan fingerprint density at radius 1 is 1.03 bits per heavy atom. The van der Waals surface area contributed by atoms with E-state index in [1.165, 1.54) is 0 Å². The van der Waals surface area contributed by atoms with Crippen LogP contribution in [0, 0.1) is 0 Å². The molecule has 2 aliphatic rings. The topological polar surface area (TPSA) is 80.3 Å². The minimum Gasteiger partial charge on any atom is -0.481 e. The van der Waals surface area contributed by atoms with Crippen molar-refractivity contribution in [3.8, 4) is 17.2 Å². The highest BCUT2D eigenvalue weighted by molar-refractivity contribution is 5.94. The molecule has 0 spiro atoms. The van der Waals surface area contributed by atoms with Crippen LogP contribution in [0.3, 0.4) is 0 Å². The average Bonchev–Trinajstić information content (AvgIpc) is 3.27. The molecule has 0 aromatic heterocycles. The number of hydrogen-bond acceptors (Lipinski definition) is 6. The highest BCUT2D eigenvalue weighted by atomic mass is 16.7. The zero-order chi connectivity index (χ0) is 21.6. The fraction of sp³-hybridized carbons (Fsp3) is 0.391. The Bertz CT molecular complexity index is 913. The normalized spacial score (nSPS) is 16.6. The first kappa shape index (κ1) is 21.0. The lowest BCUT2D eigenvalue weighted by atomic mass is 10.2. The van der Waals surface area contributed by atoms with E-state index in [9.17, 15) is 9.59 Å². The number of piperazine rings is 1. The van der Waals surface area contributed by atoms with Crippen LogP contribution in [0.25, 0.3) is 0 Å². The lowest BCUT2D eigenvalue weighted by molar-refractivity contribution is -0.139. The first-order valence-corrected chi connectivity index (χ1v) is 10.5. The van der Waals surface area contributed by atoms with E-state index in [4.69, 9.17) is 14.2 Å². The Kier molecular flexibility index (Phi) is 6.57. The molecule has 1 N–H and O–H groups in total. The summed E-state index contributed by atoms with van der Waals surface area (Å²) in [5, 5.41) is 2.94.